The van der Waals surface area contributed by atoms with Crippen molar-refractivity contribution in [3.63, 3.8) is 0 Å². The molecule has 0 aromatic carbocycles. The van der Waals surface area contributed by atoms with Gasteiger partial charge in [0, 0.05) is 18.1 Å². The second-order valence-corrected chi connectivity index (χ2v) is 6.40. The van der Waals surface area contributed by atoms with E-state index in [0.29, 0.717) is 0 Å². The maximum absolute atomic E-state index is 5.43. The molecule has 0 bridgehead atoms. The Morgan fingerprint density at radius 1 is 0.533 bits per heavy atom. The Kier molecular flexibility index (Phi) is 15.2. The molecule has 0 rings (SSSR count). The van der Waals surface area contributed by atoms with Crippen molar-refractivity contribution >= 4 is 21.6 Å². The summed E-state index contributed by atoms with van der Waals surface area (Å²) >= 11 is 0. The standard InChI is InChI=1S/C11H26N2S2/c12-8-6-4-2-1-3-5-7-10-14-15-11-9-13/h1-13H2. The Morgan fingerprint density at radius 3 is 1.67 bits per heavy atom. The van der Waals surface area contributed by atoms with Gasteiger partial charge in [0.25, 0.3) is 0 Å². The molecule has 0 saturated heterocycles. The first-order chi connectivity index (χ1) is 7.41. The van der Waals surface area contributed by atoms with Crippen molar-refractivity contribution in [1.82, 2.24) is 0 Å². The van der Waals surface area contributed by atoms with Crippen LogP contribution < -0.4 is 11.5 Å². The molecule has 0 saturated carbocycles. The van der Waals surface area contributed by atoms with Crippen molar-refractivity contribution in [2.45, 2.75) is 44.9 Å². The first kappa shape index (κ1) is 15.6. The molecule has 0 aliphatic carbocycles. The lowest BCUT2D eigenvalue weighted by Gasteiger charge is -2.01. The van der Waals surface area contributed by atoms with Gasteiger partial charge in [0.1, 0.15) is 0 Å². The van der Waals surface area contributed by atoms with Crippen LogP contribution in [0.1, 0.15) is 44.9 Å². The fourth-order valence-electron chi connectivity index (χ4n) is 1.36. The Balaban J connectivity index is 2.81. The Bertz CT molecular complexity index is 101. The number of nitrogens with two attached hydrogens (primary N) is 2. The zero-order valence-electron chi connectivity index (χ0n) is 9.75. The number of hydrogen-bond donors (Lipinski definition) is 2. The van der Waals surface area contributed by atoms with Crippen LogP contribution in [0.2, 0.25) is 0 Å². The lowest BCUT2D eigenvalue weighted by atomic mass is 10.1. The zero-order valence-corrected chi connectivity index (χ0v) is 11.4. The predicted molar refractivity (Wildman–Crippen MR) is 75.3 cm³/mol. The van der Waals surface area contributed by atoms with Crippen LogP contribution in [0.25, 0.3) is 0 Å². The SMILES string of the molecule is NCCCCCCCCCSSCCN. The Hall–Kier alpha value is 0.620. The molecule has 2 nitrogen and oxygen atoms in total. The molecule has 4 heteroatoms. The smallest absolute Gasteiger partial charge is 0.0160 e. The van der Waals surface area contributed by atoms with E-state index in [1.165, 1.54) is 50.7 Å². The van der Waals surface area contributed by atoms with Crippen molar-refractivity contribution in [2.24, 2.45) is 11.5 Å². The fourth-order valence-corrected chi connectivity index (χ4v) is 3.36. The molecule has 4 N–H and O–H groups in total. The normalized spacial score (nSPS) is 10.8. The summed E-state index contributed by atoms with van der Waals surface area (Å²) in [6.45, 7) is 1.66. The summed E-state index contributed by atoms with van der Waals surface area (Å²) in [6.07, 6.45) is 9.42. The van der Waals surface area contributed by atoms with E-state index in [4.69, 9.17) is 11.5 Å². The highest BCUT2D eigenvalue weighted by atomic mass is 33.1. The fraction of sp³-hybridized carbons (Fsp3) is 1.00. The third-order valence-electron chi connectivity index (χ3n) is 2.22. The van der Waals surface area contributed by atoms with E-state index in [1.807, 2.05) is 21.6 Å². The van der Waals surface area contributed by atoms with Crippen LogP contribution in [0.5, 0.6) is 0 Å². The molecule has 0 atom stereocenters. The van der Waals surface area contributed by atoms with Crippen molar-refractivity contribution < 1.29 is 0 Å². The predicted octanol–water partition coefficient (Wildman–Crippen LogP) is 3.02. The van der Waals surface area contributed by atoms with Gasteiger partial charge in [0.05, 0.1) is 0 Å². The molecule has 0 aliphatic heterocycles. The van der Waals surface area contributed by atoms with Gasteiger partial charge in [-0.1, -0.05) is 53.7 Å². The largest absolute Gasteiger partial charge is 0.330 e. The molecule has 0 heterocycles. The first-order valence-corrected chi connectivity index (χ1v) is 8.55. The minimum atomic E-state index is 0.804. The van der Waals surface area contributed by atoms with Gasteiger partial charge in [-0.15, -0.1) is 0 Å². The van der Waals surface area contributed by atoms with Crippen molar-refractivity contribution in [2.75, 3.05) is 24.6 Å². The highest BCUT2D eigenvalue weighted by molar-refractivity contribution is 8.76. The number of unbranched alkanes of at least 4 members (excludes halogenated alkanes) is 6. The molecule has 0 aromatic rings. The van der Waals surface area contributed by atoms with Crippen LogP contribution >= 0.6 is 21.6 Å². The van der Waals surface area contributed by atoms with Gasteiger partial charge in [-0.05, 0) is 19.4 Å². The monoisotopic (exact) mass is 250 g/mol. The third-order valence-corrected chi connectivity index (χ3v) is 4.74. The van der Waals surface area contributed by atoms with Crippen LogP contribution in [0, 0.1) is 0 Å². The van der Waals surface area contributed by atoms with Gasteiger partial charge < -0.3 is 11.5 Å². The van der Waals surface area contributed by atoms with Gasteiger partial charge >= 0.3 is 0 Å². The van der Waals surface area contributed by atoms with Gasteiger partial charge in [-0.2, -0.15) is 0 Å². The van der Waals surface area contributed by atoms with E-state index < -0.39 is 0 Å². The molecule has 0 amide bonds. The Labute approximate surface area is 103 Å². The summed E-state index contributed by atoms with van der Waals surface area (Å²) in [5.74, 6) is 2.37. The minimum absolute atomic E-state index is 0.804. The first-order valence-electron chi connectivity index (χ1n) is 6.06. The van der Waals surface area contributed by atoms with Crippen LogP contribution in [0.4, 0.5) is 0 Å². The highest BCUT2D eigenvalue weighted by Gasteiger charge is 1.92. The second-order valence-electron chi connectivity index (χ2n) is 3.70. The van der Waals surface area contributed by atoms with Crippen molar-refractivity contribution in [1.29, 1.82) is 0 Å². The second kappa shape index (κ2) is 14.6. The summed E-state index contributed by atoms with van der Waals surface area (Å²) in [5.41, 5.74) is 10.8. The van der Waals surface area contributed by atoms with E-state index in [2.05, 4.69) is 0 Å². The quantitative estimate of drug-likeness (QED) is 0.413. The van der Waals surface area contributed by atoms with Crippen molar-refractivity contribution in [3.8, 4) is 0 Å². The lowest BCUT2D eigenvalue weighted by molar-refractivity contribution is 0.594. The molecule has 0 unspecified atom stereocenters. The van der Waals surface area contributed by atoms with Crippen LogP contribution in [0.3, 0.4) is 0 Å². The lowest BCUT2D eigenvalue weighted by Crippen LogP contribution is -1.99. The maximum Gasteiger partial charge on any atom is 0.0160 e. The molecule has 0 radical (unpaired) electrons. The van der Waals surface area contributed by atoms with E-state index in [9.17, 15) is 0 Å². The molecule has 15 heavy (non-hydrogen) atoms. The highest BCUT2D eigenvalue weighted by Crippen LogP contribution is 2.22. The van der Waals surface area contributed by atoms with E-state index in [-0.39, 0.29) is 0 Å². The molecular weight excluding hydrogens is 224 g/mol. The van der Waals surface area contributed by atoms with Crippen LogP contribution in [-0.2, 0) is 0 Å². The average Bonchev–Trinajstić information content (AvgIpc) is 2.26. The summed E-state index contributed by atoms with van der Waals surface area (Å²) in [4.78, 5) is 0. The summed E-state index contributed by atoms with van der Waals surface area (Å²) < 4.78 is 0. The third kappa shape index (κ3) is 14.6. The van der Waals surface area contributed by atoms with Gasteiger partial charge in [0.2, 0.25) is 0 Å². The summed E-state index contributed by atoms with van der Waals surface area (Å²) in [5, 5.41) is 0. The molecular formula is C11H26N2S2. The molecule has 0 aromatic heterocycles. The van der Waals surface area contributed by atoms with Crippen LogP contribution in [0.15, 0.2) is 0 Å². The zero-order chi connectivity index (χ0) is 11.2. The van der Waals surface area contributed by atoms with E-state index in [0.717, 1.165) is 18.8 Å². The van der Waals surface area contributed by atoms with Crippen LogP contribution in [-0.4, -0.2) is 24.6 Å². The van der Waals surface area contributed by atoms with Crippen molar-refractivity contribution in [3.05, 3.63) is 0 Å². The average molecular weight is 250 g/mol. The maximum atomic E-state index is 5.43. The summed E-state index contributed by atoms with van der Waals surface area (Å²) in [7, 11) is 3.88. The van der Waals surface area contributed by atoms with Gasteiger partial charge in [0.15, 0.2) is 0 Å². The number of rotatable bonds is 12. The Morgan fingerprint density at radius 2 is 1.07 bits per heavy atom. The molecule has 92 valence electrons. The number of hydrogen-bond acceptors (Lipinski definition) is 4. The topological polar surface area (TPSA) is 52.0 Å². The van der Waals surface area contributed by atoms with E-state index in [1.54, 1.807) is 0 Å². The minimum Gasteiger partial charge on any atom is -0.330 e. The molecule has 0 aliphatic rings. The molecule has 0 fully saturated rings. The van der Waals surface area contributed by atoms with Gasteiger partial charge in [-0.25, -0.2) is 0 Å². The summed E-state index contributed by atoms with van der Waals surface area (Å²) in [6, 6.07) is 0. The molecule has 0 spiro atoms. The van der Waals surface area contributed by atoms with E-state index >= 15 is 0 Å². The van der Waals surface area contributed by atoms with Gasteiger partial charge in [-0.3, -0.25) is 0 Å².